The quantitative estimate of drug-likeness (QED) is 0.759. The van der Waals surface area contributed by atoms with E-state index in [-0.39, 0.29) is 12.5 Å². The first-order valence-electron chi connectivity index (χ1n) is 6.45. The van der Waals surface area contributed by atoms with Crippen LogP contribution in [0.2, 0.25) is 0 Å². The summed E-state index contributed by atoms with van der Waals surface area (Å²) in [5.74, 6) is 0.362. The molecule has 0 spiro atoms. The summed E-state index contributed by atoms with van der Waals surface area (Å²) < 4.78 is 10.1. The Balaban J connectivity index is 1.98. The number of benzene rings is 1. The van der Waals surface area contributed by atoms with Gasteiger partial charge < -0.3 is 9.47 Å². The maximum Gasteiger partial charge on any atom is 0.411 e. The fourth-order valence-electron chi connectivity index (χ4n) is 2.01. The Morgan fingerprint density at radius 2 is 2.05 bits per heavy atom. The van der Waals surface area contributed by atoms with Crippen molar-refractivity contribution in [2.45, 2.75) is 12.6 Å². The molecular formula is C14H18N2O5. The summed E-state index contributed by atoms with van der Waals surface area (Å²) in [7, 11) is 4.45. The van der Waals surface area contributed by atoms with Crippen LogP contribution >= 0.6 is 0 Å². The molecule has 114 valence electrons. The summed E-state index contributed by atoms with van der Waals surface area (Å²) in [6.07, 6.45) is -1.34. The normalized spacial score (nSPS) is 17.6. The topological polar surface area (TPSA) is 68.3 Å². The standard InChI is InChI=1S/C14H18N2O5/c1-15(20-3)13(17)12-9-16(14(18)21-12)8-10-4-6-11(19-2)7-5-10/h4-7,12H,8-9H2,1-3H3/t12-/m1/s1. The van der Waals surface area contributed by atoms with Crippen molar-refractivity contribution in [3.8, 4) is 5.75 Å². The molecule has 2 rings (SSSR count). The van der Waals surface area contributed by atoms with Gasteiger partial charge in [0.25, 0.3) is 5.91 Å². The minimum absolute atomic E-state index is 0.206. The van der Waals surface area contributed by atoms with Crippen LogP contribution in [0.15, 0.2) is 24.3 Å². The highest BCUT2D eigenvalue weighted by molar-refractivity contribution is 5.85. The average Bonchev–Trinajstić information content (AvgIpc) is 2.87. The second-order valence-electron chi connectivity index (χ2n) is 4.62. The van der Waals surface area contributed by atoms with Crippen molar-refractivity contribution < 1.29 is 23.9 Å². The van der Waals surface area contributed by atoms with E-state index in [2.05, 4.69) is 0 Å². The second kappa shape index (κ2) is 6.45. The predicted molar refractivity (Wildman–Crippen MR) is 73.5 cm³/mol. The van der Waals surface area contributed by atoms with Crippen LogP contribution in [0, 0.1) is 0 Å². The highest BCUT2D eigenvalue weighted by Crippen LogP contribution is 2.18. The largest absolute Gasteiger partial charge is 0.497 e. The summed E-state index contributed by atoms with van der Waals surface area (Å²) in [6, 6.07) is 7.36. The number of carbonyl (C=O) groups excluding carboxylic acids is 2. The van der Waals surface area contributed by atoms with E-state index in [4.69, 9.17) is 14.3 Å². The van der Waals surface area contributed by atoms with Gasteiger partial charge in [0.05, 0.1) is 20.8 Å². The molecule has 0 saturated carbocycles. The van der Waals surface area contributed by atoms with Gasteiger partial charge in [0.15, 0.2) is 0 Å². The number of ether oxygens (including phenoxy) is 2. The summed E-state index contributed by atoms with van der Waals surface area (Å²) in [5, 5.41) is 1.05. The van der Waals surface area contributed by atoms with Gasteiger partial charge in [-0.3, -0.25) is 14.5 Å². The number of nitrogens with zero attached hydrogens (tertiary/aromatic N) is 2. The first-order valence-corrected chi connectivity index (χ1v) is 6.45. The van der Waals surface area contributed by atoms with Crippen LogP contribution in [0.3, 0.4) is 0 Å². The molecule has 1 fully saturated rings. The average molecular weight is 294 g/mol. The zero-order chi connectivity index (χ0) is 15.4. The molecule has 1 aliphatic rings. The molecule has 21 heavy (non-hydrogen) atoms. The van der Waals surface area contributed by atoms with E-state index in [1.807, 2.05) is 24.3 Å². The van der Waals surface area contributed by atoms with Crippen LogP contribution in [-0.2, 0) is 20.9 Å². The number of rotatable bonds is 5. The molecule has 0 bridgehead atoms. The van der Waals surface area contributed by atoms with E-state index in [0.717, 1.165) is 16.4 Å². The van der Waals surface area contributed by atoms with Gasteiger partial charge in [-0.2, -0.15) is 0 Å². The minimum Gasteiger partial charge on any atom is -0.497 e. The van der Waals surface area contributed by atoms with Gasteiger partial charge in [0.1, 0.15) is 5.75 Å². The van der Waals surface area contributed by atoms with Crippen LogP contribution in [0.25, 0.3) is 0 Å². The highest BCUT2D eigenvalue weighted by atomic mass is 16.7. The van der Waals surface area contributed by atoms with E-state index >= 15 is 0 Å². The first-order chi connectivity index (χ1) is 10.0. The van der Waals surface area contributed by atoms with Crippen molar-refractivity contribution in [2.75, 3.05) is 27.8 Å². The molecule has 2 amide bonds. The number of hydrogen-bond acceptors (Lipinski definition) is 5. The third kappa shape index (κ3) is 3.43. The van der Waals surface area contributed by atoms with Gasteiger partial charge in [-0.1, -0.05) is 12.1 Å². The molecule has 1 heterocycles. The van der Waals surface area contributed by atoms with Gasteiger partial charge in [-0.25, -0.2) is 9.86 Å². The molecule has 1 saturated heterocycles. The third-order valence-electron chi connectivity index (χ3n) is 3.28. The summed E-state index contributed by atoms with van der Waals surface area (Å²) in [5.41, 5.74) is 0.931. The molecule has 0 unspecified atom stereocenters. The summed E-state index contributed by atoms with van der Waals surface area (Å²) >= 11 is 0. The van der Waals surface area contributed by atoms with Crippen molar-refractivity contribution in [1.82, 2.24) is 9.96 Å². The minimum atomic E-state index is -0.833. The Bertz CT molecular complexity index is 517. The monoisotopic (exact) mass is 294 g/mol. The lowest BCUT2D eigenvalue weighted by atomic mass is 10.2. The molecule has 1 atom stereocenters. The molecule has 1 aromatic rings. The Morgan fingerprint density at radius 3 is 2.62 bits per heavy atom. The van der Waals surface area contributed by atoms with Crippen LogP contribution in [0.1, 0.15) is 5.56 Å². The zero-order valence-corrected chi connectivity index (χ0v) is 12.2. The fraction of sp³-hybridized carbons (Fsp3) is 0.429. The molecule has 0 radical (unpaired) electrons. The summed E-state index contributed by atoms with van der Waals surface area (Å²) in [6.45, 7) is 0.584. The SMILES string of the molecule is COc1ccc(CN2C[C@H](C(=O)N(C)OC)OC2=O)cc1. The molecule has 7 heteroatoms. The number of hydrogen-bond donors (Lipinski definition) is 0. The highest BCUT2D eigenvalue weighted by Gasteiger charge is 2.37. The lowest BCUT2D eigenvalue weighted by Crippen LogP contribution is -2.38. The molecule has 0 aromatic heterocycles. The Kier molecular flexibility index (Phi) is 4.64. The van der Waals surface area contributed by atoms with Crippen molar-refractivity contribution in [1.29, 1.82) is 0 Å². The molecule has 0 N–H and O–H groups in total. The van der Waals surface area contributed by atoms with Crippen molar-refractivity contribution in [2.24, 2.45) is 0 Å². The van der Waals surface area contributed by atoms with Crippen molar-refractivity contribution in [3.05, 3.63) is 29.8 Å². The van der Waals surface area contributed by atoms with Crippen LogP contribution < -0.4 is 4.74 Å². The fourth-order valence-corrected chi connectivity index (χ4v) is 2.01. The van der Waals surface area contributed by atoms with Crippen LogP contribution in [0.4, 0.5) is 4.79 Å². The lowest BCUT2D eigenvalue weighted by molar-refractivity contribution is -0.176. The molecule has 7 nitrogen and oxygen atoms in total. The zero-order valence-electron chi connectivity index (χ0n) is 12.2. The van der Waals surface area contributed by atoms with Crippen molar-refractivity contribution in [3.63, 3.8) is 0 Å². The van der Waals surface area contributed by atoms with E-state index in [0.29, 0.717) is 6.54 Å². The number of methoxy groups -OCH3 is 1. The van der Waals surface area contributed by atoms with Gasteiger partial charge in [0, 0.05) is 13.6 Å². The Hall–Kier alpha value is -2.28. The molecular weight excluding hydrogens is 276 g/mol. The smallest absolute Gasteiger partial charge is 0.411 e. The Morgan fingerprint density at radius 1 is 1.38 bits per heavy atom. The first kappa shape index (κ1) is 15.1. The van der Waals surface area contributed by atoms with Gasteiger partial charge in [0.2, 0.25) is 6.10 Å². The maximum atomic E-state index is 11.9. The number of carbonyl (C=O) groups is 2. The number of likely N-dealkylation sites (N-methyl/N-ethyl adjacent to an activating group) is 1. The molecule has 1 aromatic carbocycles. The van der Waals surface area contributed by atoms with Gasteiger partial charge in [-0.15, -0.1) is 0 Å². The van der Waals surface area contributed by atoms with E-state index < -0.39 is 12.2 Å². The molecule has 1 aliphatic heterocycles. The lowest BCUT2D eigenvalue weighted by Gasteiger charge is -2.17. The number of amides is 2. The number of hydroxylamine groups is 2. The predicted octanol–water partition coefficient (Wildman–Crippen LogP) is 1.04. The summed E-state index contributed by atoms with van der Waals surface area (Å²) in [4.78, 5) is 30.0. The van der Waals surface area contributed by atoms with Crippen LogP contribution in [-0.4, -0.2) is 55.9 Å². The van der Waals surface area contributed by atoms with E-state index in [9.17, 15) is 9.59 Å². The maximum absolute atomic E-state index is 11.9. The number of cyclic esters (lactones) is 1. The van der Waals surface area contributed by atoms with Crippen molar-refractivity contribution >= 4 is 12.0 Å². The second-order valence-corrected chi connectivity index (χ2v) is 4.62. The third-order valence-corrected chi connectivity index (χ3v) is 3.28. The Labute approximate surface area is 122 Å². The van der Waals surface area contributed by atoms with E-state index in [1.165, 1.54) is 19.1 Å². The van der Waals surface area contributed by atoms with Crippen LogP contribution in [0.5, 0.6) is 5.75 Å². The van der Waals surface area contributed by atoms with Gasteiger partial charge >= 0.3 is 6.09 Å². The van der Waals surface area contributed by atoms with Gasteiger partial charge in [-0.05, 0) is 17.7 Å². The van der Waals surface area contributed by atoms with E-state index in [1.54, 1.807) is 7.11 Å². The molecule has 0 aliphatic carbocycles.